The molecule has 6 heteroatoms. The van der Waals surface area contributed by atoms with Crippen LogP contribution in [0.4, 0.5) is 0 Å². The Kier molecular flexibility index (Phi) is 5.99. The fraction of sp³-hybridized carbons (Fsp3) is 0.667. The van der Waals surface area contributed by atoms with Crippen LogP contribution in [0.2, 0.25) is 0 Å². The van der Waals surface area contributed by atoms with Crippen LogP contribution in [-0.4, -0.2) is 45.8 Å². The van der Waals surface area contributed by atoms with E-state index in [0.717, 1.165) is 38.0 Å². The minimum absolute atomic E-state index is 0.0346. The van der Waals surface area contributed by atoms with Crippen molar-refractivity contribution in [2.45, 2.75) is 37.5 Å². The SMILES string of the molecule is CC(CCNC(=O)c1cccn1C1CCNCC1)S(C)=O. The predicted molar refractivity (Wildman–Crippen MR) is 86.1 cm³/mol. The topological polar surface area (TPSA) is 63.1 Å². The zero-order valence-electron chi connectivity index (χ0n) is 12.8. The third kappa shape index (κ3) is 4.41. The Morgan fingerprint density at radius 3 is 2.90 bits per heavy atom. The number of rotatable bonds is 6. The molecule has 5 nitrogen and oxygen atoms in total. The summed E-state index contributed by atoms with van der Waals surface area (Å²) in [7, 11) is -0.833. The molecule has 1 aliphatic heterocycles. The maximum Gasteiger partial charge on any atom is 0.267 e. The number of hydrogen-bond donors (Lipinski definition) is 2. The average Bonchev–Trinajstić information content (AvgIpc) is 2.97. The van der Waals surface area contributed by atoms with Crippen LogP contribution in [0.15, 0.2) is 18.3 Å². The highest BCUT2D eigenvalue weighted by Crippen LogP contribution is 2.21. The smallest absolute Gasteiger partial charge is 0.267 e. The molecule has 21 heavy (non-hydrogen) atoms. The molecule has 0 aromatic carbocycles. The van der Waals surface area contributed by atoms with Gasteiger partial charge in [-0.15, -0.1) is 0 Å². The summed E-state index contributed by atoms with van der Waals surface area (Å²) < 4.78 is 13.4. The second-order valence-electron chi connectivity index (χ2n) is 5.64. The standard InChI is InChI=1S/C15H25N3O2S/c1-12(21(2)20)5-10-17-15(19)14-4-3-11-18(14)13-6-8-16-9-7-13/h3-4,11-13,16H,5-10H2,1-2H3,(H,17,19). The summed E-state index contributed by atoms with van der Waals surface area (Å²) in [6, 6.07) is 4.21. The summed E-state index contributed by atoms with van der Waals surface area (Å²) in [4.78, 5) is 12.3. The molecule has 2 N–H and O–H groups in total. The summed E-state index contributed by atoms with van der Waals surface area (Å²) in [6.07, 6.45) is 6.55. The van der Waals surface area contributed by atoms with E-state index in [1.54, 1.807) is 6.26 Å². The second-order valence-corrected chi connectivity index (χ2v) is 7.44. The van der Waals surface area contributed by atoms with Gasteiger partial charge in [-0.3, -0.25) is 9.00 Å². The molecular weight excluding hydrogens is 286 g/mol. The van der Waals surface area contributed by atoms with Crippen LogP contribution in [0.5, 0.6) is 0 Å². The van der Waals surface area contributed by atoms with E-state index in [0.29, 0.717) is 12.6 Å². The van der Waals surface area contributed by atoms with Crippen molar-refractivity contribution in [2.75, 3.05) is 25.9 Å². The van der Waals surface area contributed by atoms with Crippen molar-refractivity contribution in [3.63, 3.8) is 0 Å². The minimum Gasteiger partial charge on any atom is -0.351 e. The largest absolute Gasteiger partial charge is 0.351 e. The van der Waals surface area contributed by atoms with Crippen molar-refractivity contribution in [1.29, 1.82) is 0 Å². The molecule has 0 bridgehead atoms. The quantitative estimate of drug-likeness (QED) is 0.832. The third-order valence-corrected chi connectivity index (χ3v) is 5.49. The Bertz CT molecular complexity index is 495. The van der Waals surface area contributed by atoms with Gasteiger partial charge in [-0.05, 0) is 44.5 Å². The number of hydrogen-bond acceptors (Lipinski definition) is 3. The number of piperidine rings is 1. The van der Waals surface area contributed by atoms with Crippen molar-refractivity contribution < 1.29 is 9.00 Å². The molecule has 0 spiro atoms. The second kappa shape index (κ2) is 7.75. The van der Waals surface area contributed by atoms with Crippen molar-refractivity contribution in [3.8, 4) is 0 Å². The molecule has 1 fully saturated rings. The van der Waals surface area contributed by atoms with Crippen LogP contribution in [0.25, 0.3) is 0 Å². The van der Waals surface area contributed by atoms with E-state index in [1.807, 2.05) is 25.3 Å². The Morgan fingerprint density at radius 1 is 1.52 bits per heavy atom. The lowest BCUT2D eigenvalue weighted by atomic mass is 10.1. The zero-order valence-corrected chi connectivity index (χ0v) is 13.6. The summed E-state index contributed by atoms with van der Waals surface area (Å²) in [5, 5.41) is 6.39. The van der Waals surface area contributed by atoms with E-state index in [1.165, 1.54) is 0 Å². The van der Waals surface area contributed by atoms with Crippen LogP contribution in [0, 0.1) is 0 Å². The Morgan fingerprint density at radius 2 is 2.24 bits per heavy atom. The molecule has 0 radical (unpaired) electrons. The average molecular weight is 311 g/mol. The summed E-state index contributed by atoms with van der Waals surface area (Å²) in [5.74, 6) is -0.0346. The molecule has 2 rings (SSSR count). The summed E-state index contributed by atoms with van der Waals surface area (Å²) in [6.45, 7) is 4.52. The number of nitrogens with zero attached hydrogens (tertiary/aromatic N) is 1. The van der Waals surface area contributed by atoms with Gasteiger partial charge in [-0.2, -0.15) is 0 Å². The van der Waals surface area contributed by atoms with Gasteiger partial charge in [0.25, 0.3) is 5.91 Å². The van der Waals surface area contributed by atoms with Gasteiger partial charge in [0, 0.05) is 41.1 Å². The van der Waals surface area contributed by atoms with E-state index < -0.39 is 10.8 Å². The molecule has 118 valence electrons. The number of carbonyl (C=O) groups excluding carboxylic acids is 1. The maximum absolute atomic E-state index is 12.3. The Balaban J connectivity index is 1.90. The predicted octanol–water partition coefficient (Wildman–Crippen LogP) is 1.30. The van der Waals surface area contributed by atoms with E-state index in [-0.39, 0.29) is 11.2 Å². The van der Waals surface area contributed by atoms with Gasteiger partial charge in [-0.1, -0.05) is 6.92 Å². The van der Waals surface area contributed by atoms with Crippen LogP contribution >= 0.6 is 0 Å². The van der Waals surface area contributed by atoms with Crippen molar-refractivity contribution >= 4 is 16.7 Å². The molecular formula is C15H25N3O2S. The van der Waals surface area contributed by atoms with Crippen LogP contribution in [0.3, 0.4) is 0 Å². The molecule has 2 atom stereocenters. The van der Waals surface area contributed by atoms with Gasteiger partial charge in [0.15, 0.2) is 0 Å². The molecule has 1 saturated heterocycles. The third-order valence-electron chi connectivity index (χ3n) is 4.12. The van der Waals surface area contributed by atoms with Crippen LogP contribution < -0.4 is 10.6 Å². The Hall–Kier alpha value is -1.14. The molecule has 0 saturated carbocycles. The van der Waals surface area contributed by atoms with Gasteiger partial charge < -0.3 is 15.2 Å². The van der Waals surface area contributed by atoms with Gasteiger partial charge in [0.1, 0.15) is 5.69 Å². The van der Waals surface area contributed by atoms with Gasteiger partial charge >= 0.3 is 0 Å². The molecule has 2 heterocycles. The molecule has 2 unspecified atom stereocenters. The fourth-order valence-corrected chi connectivity index (χ4v) is 3.08. The number of nitrogens with one attached hydrogen (secondary N) is 2. The highest BCUT2D eigenvalue weighted by molar-refractivity contribution is 7.84. The van der Waals surface area contributed by atoms with Gasteiger partial charge in [0.2, 0.25) is 0 Å². The molecule has 0 aliphatic carbocycles. The Labute approximate surface area is 128 Å². The first-order chi connectivity index (χ1) is 10.1. The fourth-order valence-electron chi connectivity index (χ4n) is 2.63. The van der Waals surface area contributed by atoms with Gasteiger partial charge in [0.05, 0.1) is 0 Å². The highest BCUT2D eigenvalue weighted by atomic mass is 32.2. The van der Waals surface area contributed by atoms with Crippen LogP contribution in [-0.2, 0) is 10.8 Å². The first kappa shape index (κ1) is 16.2. The summed E-state index contributed by atoms with van der Waals surface area (Å²) >= 11 is 0. The molecule has 1 amide bonds. The lowest BCUT2D eigenvalue weighted by Crippen LogP contribution is -2.33. The lowest BCUT2D eigenvalue weighted by Gasteiger charge is -2.26. The van der Waals surface area contributed by atoms with Crippen LogP contribution in [0.1, 0.15) is 42.7 Å². The first-order valence-electron chi connectivity index (χ1n) is 7.57. The molecule has 1 aromatic heterocycles. The lowest BCUT2D eigenvalue weighted by molar-refractivity contribution is 0.0940. The normalized spacial score (nSPS) is 19.1. The number of amides is 1. The highest BCUT2D eigenvalue weighted by Gasteiger charge is 2.19. The van der Waals surface area contributed by atoms with Gasteiger partial charge in [-0.25, -0.2) is 0 Å². The molecule has 1 aromatic rings. The molecule has 1 aliphatic rings. The van der Waals surface area contributed by atoms with Crippen molar-refractivity contribution in [3.05, 3.63) is 24.0 Å². The van der Waals surface area contributed by atoms with E-state index in [9.17, 15) is 9.00 Å². The first-order valence-corrected chi connectivity index (χ1v) is 9.19. The van der Waals surface area contributed by atoms with E-state index >= 15 is 0 Å². The monoisotopic (exact) mass is 311 g/mol. The van der Waals surface area contributed by atoms with E-state index in [2.05, 4.69) is 15.2 Å². The minimum atomic E-state index is -0.833. The van der Waals surface area contributed by atoms with Crippen molar-refractivity contribution in [1.82, 2.24) is 15.2 Å². The number of aromatic nitrogens is 1. The van der Waals surface area contributed by atoms with E-state index in [4.69, 9.17) is 0 Å². The van der Waals surface area contributed by atoms with Crippen molar-refractivity contribution in [2.24, 2.45) is 0 Å². The summed E-state index contributed by atoms with van der Waals surface area (Å²) in [5.41, 5.74) is 0.729. The maximum atomic E-state index is 12.3. The zero-order chi connectivity index (χ0) is 15.2. The number of carbonyl (C=O) groups is 1.